The SMILES string of the molecule is CC(=O)c1cccc(Cl)n1. The zero-order chi connectivity index (χ0) is 7.56. The summed E-state index contributed by atoms with van der Waals surface area (Å²) in [7, 11) is 0. The summed E-state index contributed by atoms with van der Waals surface area (Å²) in [5.41, 5.74) is 0.410. The second-order valence-corrected chi connectivity index (χ2v) is 2.29. The molecule has 0 amide bonds. The van der Waals surface area contributed by atoms with Crippen molar-refractivity contribution in [2.75, 3.05) is 0 Å². The monoisotopic (exact) mass is 155 g/mol. The number of pyridine rings is 1. The van der Waals surface area contributed by atoms with E-state index >= 15 is 0 Å². The van der Waals surface area contributed by atoms with Crippen molar-refractivity contribution in [2.24, 2.45) is 0 Å². The van der Waals surface area contributed by atoms with Crippen LogP contribution in [0, 0.1) is 0 Å². The van der Waals surface area contributed by atoms with Gasteiger partial charge in [0.1, 0.15) is 10.8 Å². The number of Topliss-reactive ketones (excluding diaryl/α,β-unsaturated/α-hetero) is 1. The largest absolute Gasteiger partial charge is 0.293 e. The van der Waals surface area contributed by atoms with Crippen molar-refractivity contribution in [1.29, 1.82) is 0 Å². The number of hydrogen-bond acceptors (Lipinski definition) is 2. The van der Waals surface area contributed by atoms with E-state index in [0.717, 1.165) is 0 Å². The third-order valence-electron chi connectivity index (χ3n) is 1.08. The summed E-state index contributed by atoms with van der Waals surface area (Å²) >= 11 is 5.53. The molecule has 0 saturated heterocycles. The van der Waals surface area contributed by atoms with Crippen LogP contribution in [-0.4, -0.2) is 10.8 Å². The van der Waals surface area contributed by atoms with Gasteiger partial charge in [0.25, 0.3) is 0 Å². The highest BCUT2D eigenvalue weighted by atomic mass is 35.5. The molecule has 52 valence electrons. The first-order chi connectivity index (χ1) is 4.70. The van der Waals surface area contributed by atoms with Gasteiger partial charge in [0.05, 0.1) is 0 Å². The zero-order valence-corrected chi connectivity index (χ0v) is 6.22. The molecule has 0 N–H and O–H groups in total. The smallest absolute Gasteiger partial charge is 0.178 e. The average molecular weight is 156 g/mol. The molecule has 1 rings (SSSR count). The molecule has 0 aromatic carbocycles. The van der Waals surface area contributed by atoms with Gasteiger partial charge in [-0.1, -0.05) is 17.7 Å². The Labute approximate surface area is 63.8 Å². The average Bonchev–Trinajstić information content (AvgIpc) is 1.88. The lowest BCUT2D eigenvalue weighted by atomic mass is 10.3. The molecule has 1 aromatic heterocycles. The normalized spacial score (nSPS) is 9.40. The number of nitrogens with zero attached hydrogens (tertiary/aromatic N) is 1. The molecule has 0 unspecified atom stereocenters. The molecule has 0 bridgehead atoms. The Morgan fingerprint density at radius 2 is 2.30 bits per heavy atom. The van der Waals surface area contributed by atoms with E-state index in [-0.39, 0.29) is 5.78 Å². The number of aromatic nitrogens is 1. The van der Waals surface area contributed by atoms with Crippen molar-refractivity contribution >= 4 is 17.4 Å². The molecule has 2 nitrogen and oxygen atoms in total. The van der Waals surface area contributed by atoms with Crippen LogP contribution in [0.5, 0.6) is 0 Å². The van der Waals surface area contributed by atoms with E-state index in [9.17, 15) is 4.79 Å². The highest BCUT2D eigenvalue weighted by molar-refractivity contribution is 6.29. The second kappa shape index (κ2) is 2.80. The first-order valence-electron chi connectivity index (χ1n) is 2.83. The molecule has 0 spiro atoms. The van der Waals surface area contributed by atoms with Crippen molar-refractivity contribution in [3.63, 3.8) is 0 Å². The van der Waals surface area contributed by atoms with Gasteiger partial charge in [-0.25, -0.2) is 4.98 Å². The highest BCUT2D eigenvalue weighted by Gasteiger charge is 1.98. The first-order valence-corrected chi connectivity index (χ1v) is 3.21. The van der Waals surface area contributed by atoms with Gasteiger partial charge in [0.2, 0.25) is 0 Å². The van der Waals surface area contributed by atoms with E-state index in [0.29, 0.717) is 10.8 Å². The Morgan fingerprint density at radius 3 is 2.70 bits per heavy atom. The molecule has 0 aliphatic heterocycles. The number of ketones is 1. The van der Waals surface area contributed by atoms with Crippen molar-refractivity contribution < 1.29 is 4.79 Å². The van der Waals surface area contributed by atoms with E-state index in [2.05, 4.69) is 4.98 Å². The van der Waals surface area contributed by atoms with Crippen LogP contribution in [0.1, 0.15) is 17.4 Å². The van der Waals surface area contributed by atoms with E-state index in [4.69, 9.17) is 11.6 Å². The van der Waals surface area contributed by atoms with Crippen LogP contribution in [-0.2, 0) is 0 Å². The summed E-state index contributed by atoms with van der Waals surface area (Å²) in [5.74, 6) is -0.0671. The van der Waals surface area contributed by atoms with E-state index < -0.39 is 0 Å². The predicted octanol–water partition coefficient (Wildman–Crippen LogP) is 1.94. The number of carbonyl (C=O) groups is 1. The zero-order valence-electron chi connectivity index (χ0n) is 5.47. The van der Waals surface area contributed by atoms with Crippen LogP contribution in [0.25, 0.3) is 0 Å². The lowest BCUT2D eigenvalue weighted by Crippen LogP contribution is -1.94. The Morgan fingerprint density at radius 1 is 1.60 bits per heavy atom. The van der Waals surface area contributed by atoms with Gasteiger partial charge in [-0.15, -0.1) is 0 Å². The lowest BCUT2D eigenvalue weighted by Gasteiger charge is -1.92. The third-order valence-corrected chi connectivity index (χ3v) is 1.29. The highest BCUT2D eigenvalue weighted by Crippen LogP contribution is 2.04. The van der Waals surface area contributed by atoms with Crippen LogP contribution >= 0.6 is 11.6 Å². The van der Waals surface area contributed by atoms with Crippen LogP contribution in [0.3, 0.4) is 0 Å². The Kier molecular flexibility index (Phi) is 2.02. The van der Waals surface area contributed by atoms with Crippen molar-refractivity contribution in [3.05, 3.63) is 29.0 Å². The Bertz CT molecular complexity index is 260. The van der Waals surface area contributed by atoms with E-state index in [1.54, 1.807) is 18.2 Å². The Hall–Kier alpha value is -0.890. The summed E-state index contributed by atoms with van der Waals surface area (Å²) in [6.07, 6.45) is 0. The molecule has 0 radical (unpaired) electrons. The number of halogens is 1. The van der Waals surface area contributed by atoms with Crippen LogP contribution in [0.15, 0.2) is 18.2 Å². The first kappa shape index (κ1) is 7.22. The maximum Gasteiger partial charge on any atom is 0.178 e. The fourth-order valence-corrected chi connectivity index (χ4v) is 0.768. The maximum absolute atomic E-state index is 10.7. The minimum Gasteiger partial charge on any atom is -0.293 e. The molecule has 0 aliphatic carbocycles. The third kappa shape index (κ3) is 1.54. The second-order valence-electron chi connectivity index (χ2n) is 1.90. The summed E-state index contributed by atoms with van der Waals surface area (Å²) in [6.45, 7) is 1.46. The topological polar surface area (TPSA) is 30.0 Å². The van der Waals surface area contributed by atoms with Gasteiger partial charge >= 0.3 is 0 Å². The van der Waals surface area contributed by atoms with Gasteiger partial charge in [-0.2, -0.15) is 0 Å². The van der Waals surface area contributed by atoms with Crippen LogP contribution < -0.4 is 0 Å². The summed E-state index contributed by atoms with van der Waals surface area (Å²) in [6, 6.07) is 4.97. The maximum atomic E-state index is 10.7. The molecular formula is C7H6ClNO. The summed E-state index contributed by atoms with van der Waals surface area (Å²) < 4.78 is 0. The number of carbonyl (C=O) groups excluding carboxylic acids is 1. The fraction of sp³-hybridized carbons (Fsp3) is 0.143. The van der Waals surface area contributed by atoms with E-state index in [1.165, 1.54) is 6.92 Å². The van der Waals surface area contributed by atoms with Gasteiger partial charge in [-0.3, -0.25) is 4.79 Å². The molecule has 3 heteroatoms. The van der Waals surface area contributed by atoms with E-state index in [1.807, 2.05) is 0 Å². The minimum absolute atomic E-state index is 0.0671. The molecule has 0 fully saturated rings. The summed E-state index contributed by atoms with van der Waals surface area (Å²) in [5, 5.41) is 0.354. The van der Waals surface area contributed by atoms with Gasteiger partial charge in [0, 0.05) is 6.92 Å². The van der Waals surface area contributed by atoms with Crippen molar-refractivity contribution in [1.82, 2.24) is 4.98 Å². The fourth-order valence-electron chi connectivity index (χ4n) is 0.604. The molecule has 10 heavy (non-hydrogen) atoms. The molecule has 1 heterocycles. The van der Waals surface area contributed by atoms with Crippen molar-refractivity contribution in [3.8, 4) is 0 Å². The molecule has 1 aromatic rings. The molecular weight excluding hydrogens is 150 g/mol. The van der Waals surface area contributed by atoms with Gasteiger partial charge in [0.15, 0.2) is 5.78 Å². The van der Waals surface area contributed by atoms with Crippen LogP contribution in [0.2, 0.25) is 5.15 Å². The molecule has 0 aliphatic rings. The number of hydrogen-bond donors (Lipinski definition) is 0. The lowest BCUT2D eigenvalue weighted by molar-refractivity contribution is 0.101. The standard InChI is InChI=1S/C7H6ClNO/c1-5(10)6-3-2-4-7(8)9-6/h2-4H,1H3. The number of rotatable bonds is 1. The minimum atomic E-state index is -0.0671. The molecule has 0 atom stereocenters. The Balaban J connectivity index is 3.07. The quantitative estimate of drug-likeness (QED) is 0.458. The molecule has 0 saturated carbocycles. The van der Waals surface area contributed by atoms with Crippen molar-refractivity contribution in [2.45, 2.75) is 6.92 Å². The predicted molar refractivity (Wildman–Crippen MR) is 39.3 cm³/mol. The van der Waals surface area contributed by atoms with Crippen LogP contribution in [0.4, 0.5) is 0 Å². The summed E-state index contributed by atoms with van der Waals surface area (Å²) in [4.78, 5) is 14.5. The van der Waals surface area contributed by atoms with Gasteiger partial charge < -0.3 is 0 Å². The van der Waals surface area contributed by atoms with Gasteiger partial charge in [-0.05, 0) is 12.1 Å².